The Hall–Kier alpha value is -0.570. The molecule has 0 fully saturated rings. The van der Waals surface area contributed by atoms with E-state index in [0.717, 1.165) is 37.7 Å². The van der Waals surface area contributed by atoms with Gasteiger partial charge in [0.2, 0.25) is 0 Å². The maximum atomic E-state index is 5.79. The zero-order chi connectivity index (χ0) is 10.9. The molecule has 1 aromatic rings. The Balaban J connectivity index is 2.07. The van der Waals surface area contributed by atoms with Crippen LogP contribution < -0.4 is 5.32 Å². The molecule has 0 atom stereocenters. The minimum Gasteiger partial charge on any atom is -0.380 e. The van der Waals surface area contributed by atoms with Crippen molar-refractivity contribution in [1.82, 2.24) is 5.32 Å². The highest BCUT2D eigenvalue weighted by Gasteiger charge is 1.92. The van der Waals surface area contributed by atoms with E-state index in [9.17, 15) is 0 Å². The molecule has 0 radical (unpaired) electrons. The van der Waals surface area contributed by atoms with Gasteiger partial charge >= 0.3 is 0 Å². The van der Waals surface area contributed by atoms with Gasteiger partial charge in [-0.1, -0.05) is 30.7 Å². The van der Waals surface area contributed by atoms with E-state index >= 15 is 0 Å². The standard InChI is InChI=1S/C12H18ClNO/c1-2-8-15-9-7-14-10-11-3-5-12(13)6-4-11/h3-6,14H,2,7-10H2,1H3. The number of hydrogen-bond donors (Lipinski definition) is 1. The summed E-state index contributed by atoms with van der Waals surface area (Å²) in [5.74, 6) is 0. The summed E-state index contributed by atoms with van der Waals surface area (Å²) in [6.07, 6.45) is 1.08. The molecular weight excluding hydrogens is 210 g/mol. The second-order valence-corrected chi connectivity index (χ2v) is 3.85. The van der Waals surface area contributed by atoms with Gasteiger partial charge in [0.1, 0.15) is 0 Å². The highest BCUT2D eigenvalue weighted by Crippen LogP contribution is 2.08. The summed E-state index contributed by atoms with van der Waals surface area (Å²) < 4.78 is 5.36. The molecule has 2 nitrogen and oxygen atoms in total. The molecule has 1 N–H and O–H groups in total. The van der Waals surface area contributed by atoms with E-state index in [2.05, 4.69) is 12.2 Å². The van der Waals surface area contributed by atoms with Crippen LogP contribution in [0.15, 0.2) is 24.3 Å². The molecule has 0 aromatic heterocycles. The van der Waals surface area contributed by atoms with Crippen molar-refractivity contribution in [3.05, 3.63) is 34.9 Å². The Morgan fingerprint density at radius 2 is 1.93 bits per heavy atom. The van der Waals surface area contributed by atoms with Gasteiger partial charge in [0.25, 0.3) is 0 Å². The monoisotopic (exact) mass is 227 g/mol. The van der Waals surface area contributed by atoms with Crippen LogP contribution in [0.1, 0.15) is 18.9 Å². The lowest BCUT2D eigenvalue weighted by Crippen LogP contribution is -2.19. The predicted octanol–water partition coefficient (Wildman–Crippen LogP) is 2.86. The van der Waals surface area contributed by atoms with Gasteiger partial charge in [-0.15, -0.1) is 0 Å². The number of ether oxygens (including phenoxy) is 1. The molecule has 1 rings (SSSR count). The minimum atomic E-state index is 0.779. The Labute approximate surface area is 96.6 Å². The van der Waals surface area contributed by atoms with Crippen LogP contribution in [0, 0.1) is 0 Å². The molecule has 0 saturated heterocycles. The van der Waals surface area contributed by atoms with Crippen molar-refractivity contribution >= 4 is 11.6 Å². The highest BCUT2D eigenvalue weighted by molar-refractivity contribution is 6.30. The number of nitrogens with one attached hydrogen (secondary N) is 1. The summed E-state index contributed by atoms with van der Waals surface area (Å²) >= 11 is 5.79. The summed E-state index contributed by atoms with van der Waals surface area (Å²) in [5.41, 5.74) is 1.25. The van der Waals surface area contributed by atoms with Crippen molar-refractivity contribution in [2.45, 2.75) is 19.9 Å². The lowest BCUT2D eigenvalue weighted by molar-refractivity contribution is 0.136. The first-order valence-electron chi connectivity index (χ1n) is 5.36. The second-order valence-electron chi connectivity index (χ2n) is 3.42. The Morgan fingerprint density at radius 1 is 1.20 bits per heavy atom. The molecular formula is C12H18ClNO. The highest BCUT2D eigenvalue weighted by atomic mass is 35.5. The number of halogens is 1. The molecule has 1 aromatic carbocycles. The van der Waals surface area contributed by atoms with Gasteiger partial charge in [0.05, 0.1) is 6.61 Å². The Kier molecular flexibility index (Phi) is 6.41. The molecule has 0 aliphatic carbocycles. The van der Waals surface area contributed by atoms with E-state index in [1.807, 2.05) is 24.3 Å². The van der Waals surface area contributed by atoms with Crippen LogP contribution in [0.25, 0.3) is 0 Å². The SMILES string of the molecule is CCCOCCNCc1ccc(Cl)cc1. The number of benzene rings is 1. The Bertz CT molecular complexity index is 261. The van der Waals surface area contributed by atoms with E-state index in [-0.39, 0.29) is 0 Å². The van der Waals surface area contributed by atoms with Crippen molar-refractivity contribution in [1.29, 1.82) is 0 Å². The molecule has 0 amide bonds. The molecule has 84 valence electrons. The largest absolute Gasteiger partial charge is 0.380 e. The molecule has 0 saturated carbocycles. The average molecular weight is 228 g/mol. The van der Waals surface area contributed by atoms with Crippen molar-refractivity contribution in [3.8, 4) is 0 Å². The maximum absolute atomic E-state index is 5.79. The topological polar surface area (TPSA) is 21.3 Å². The van der Waals surface area contributed by atoms with E-state index < -0.39 is 0 Å². The van der Waals surface area contributed by atoms with Crippen LogP contribution in [0.2, 0.25) is 5.02 Å². The van der Waals surface area contributed by atoms with Crippen LogP contribution in [-0.4, -0.2) is 19.8 Å². The first-order valence-corrected chi connectivity index (χ1v) is 5.73. The van der Waals surface area contributed by atoms with Crippen molar-refractivity contribution in [2.24, 2.45) is 0 Å². The molecule has 0 unspecified atom stereocenters. The summed E-state index contributed by atoms with van der Waals surface area (Å²) in [5, 5.41) is 4.09. The zero-order valence-electron chi connectivity index (χ0n) is 9.13. The normalized spacial score (nSPS) is 10.5. The van der Waals surface area contributed by atoms with E-state index in [1.165, 1.54) is 5.56 Å². The number of hydrogen-bond acceptors (Lipinski definition) is 2. The molecule has 0 bridgehead atoms. The van der Waals surface area contributed by atoms with Gasteiger partial charge in [0, 0.05) is 24.7 Å². The third-order valence-electron chi connectivity index (χ3n) is 2.01. The lowest BCUT2D eigenvalue weighted by atomic mass is 10.2. The first-order chi connectivity index (χ1) is 7.33. The summed E-state index contributed by atoms with van der Waals surface area (Å²) in [4.78, 5) is 0. The molecule has 0 spiro atoms. The van der Waals surface area contributed by atoms with E-state index in [0.29, 0.717) is 0 Å². The summed E-state index contributed by atoms with van der Waals surface area (Å²) in [6, 6.07) is 7.88. The molecule has 3 heteroatoms. The van der Waals surface area contributed by atoms with Gasteiger partial charge in [-0.25, -0.2) is 0 Å². The maximum Gasteiger partial charge on any atom is 0.0591 e. The van der Waals surface area contributed by atoms with Crippen LogP contribution >= 0.6 is 11.6 Å². The van der Waals surface area contributed by atoms with Crippen LogP contribution in [0.4, 0.5) is 0 Å². The van der Waals surface area contributed by atoms with Crippen molar-refractivity contribution in [2.75, 3.05) is 19.8 Å². The molecule has 0 aliphatic rings. The van der Waals surface area contributed by atoms with Gasteiger partial charge in [0.15, 0.2) is 0 Å². The molecule has 0 aliphatic heterocycles. The average Bonchev–Trinajstić information content (AvgIpc) is 2.26. The minimum absolute atomic E-state index is 0.779. The number of rotatable bonds is 7. The van der Waals surface area contributed by atoms with Gasteiger partial charge < -0.3 is 10.1 Å². The lowest BCUT2D eigenvalue weighted by Gasteiger charge is -2.05. The molecule has 15 heavy (non-hydrogen) atoms. The second kappa shape index (κ2) is 7.69. The fourth-order valence-electron chi connectivity index (χ4n) is 1.23. The van der Waals surface area contributed by atoms with Gasteiger partial charge in [-0.05, 0) is 24.1 Å². The third-order valence-corrected chi connectivity index (χ3v) is 2.27. The Morgan fingerprint density at radius 3 is 2.60 bits per heavy atom. The van der Waals surface area contributed by atoms with Crippen LogP contribution in [-0.2, 0) is 11.3 Å². The van der Waals surface area contributed by atoms with E-state index in [1.54, 1.807) is 0 Å². The van der Waals surface area contributed by atoms with Crippen molar-refractivity contribution in [3.63, 3.8) is 0 Å². The van der Waals surface area contributed by atoms with E-state index in [4.69, 9.17) is 16.3 Å². The van der Waals surface area contributed by atoms with Gasteiger partial charge in [-0.3, -0.25) is 0 Å². The molecule has 0 heterocycles. The quantitative estimate of drug-likeness (QED) is 0.724. The van der Waals surface area contributed by atoms with Crippen LogP contribution in [0.3, 0.4) is 0 Å². The van der Waals surface area contributed by atoms with Gasteiger partial charge in [-0.2, -0.15) is 0 Å². The zero-order valence-corrected chi connectivity index (χ0v) is 9.89. The first kappa shape index (κ1) is 12.5. The fraction of sp³-hybridized carbons (Fsp3) is 0.500. The third kappa shape index (κ3) is 5.78. The smallest absolute Gasteiger partial charge is 0.0591 e. The predicted molar refractivity (Wildman–Crippen MR) is 64.3 cm³/mol. The summed E-state index contributed by atoms with van der Waals surface area (Å²) in [7, 11) is 0. The van der Waals surface area contributed by atoms with Crippen LogP contribution in [0.5, 0.6) is 0 Å². The summed E-state index contributed by atoms with van der Waals surface area (Å²) in [6.45, 7) is 5.50. The van der Waals surface area contributed by atoms with Crippen molar-refractivity contribution < 1.29 is 4.74 Å². The fourth-order valence-corrected chi connectivity index (χ4v) is 1.35.